The molecule has 2 rings (SSSR count). The Kier molecular flexibility index (Phi) is 2.86. The fourth-order valence-corrected chi connectivity index (χ4v) is 1.56. The maximum atomic E-state index is 4.21. The van der Waals surface area contributed by atoms with E-state index in [0.717, 1.165) is 17.9 Å². The molecule has 1 N–H and O–H groups in total. The zero-order valence-electron chi connectivity index (χ0n) is 9.20. The average molecular weight is 200 g/mol. The summed E-state index contributed by atoms with van der Waals surface area (Å²) in [6.45, 7) is 4.40. The summed E-state index contributed by atoms with van der Waals surface area (Å²) in [6, 6.07) is 8.54. The molecule has 2 nitrogen and oxygen atoms in total. The monoisotopic (exact) mass is 200 g/mol. The molecule has 1 aliphatic rings. The first-order chi connectivity index (χ1) is 7.25. The summed E-state index contributed by atoms with van der Waals surface area (Å²) < 4.78 is 0. The summed E-state index contributed by atoms with van der Waals surface area (Å²) in [6.07, 6.45) is 4.79. The Balaban J connectivity index is 2.04. The van der Waals surface area contributed by atoms with Crippen molar-refractivity contribution in [3.8, 4) is 0 Å². The minimum absolute atomic E-state index is 0.588. The molecular weight excluding hydrogens is 184 g/mol. The summed E-state index contributed by atoms with van der Waals surface area (Å²) in [5.74, 6) is 1.61. The SMILES string of the molecule is CC(C)c1ccc(NC2=NC=CC2)cc1. The zero-order valence-corrected chi connectivity index (χ0v) is 9.20. The van der Waals surface area contributed by atoms with Crippen LogP contribution < -0.4 is 5.32 Å². The Hall–Kier alpha value is -1.57. The van der Waals surface area contributed by atoms with Crippen LogP contribution in [0.4, 0.5) is 5.69 Å². The second-order valence-corrected chi connectivity index (χ2v) is 4.07. The highest BCUT2D eigenvalue weighted by molar-refractivity contribution is 5.97. The third kappa shape index (κ3) is 2.46. The first-order valence-electron chi connectivity index (χ1n) is 5.34. The van der Waals surface area contributed by atoms with Crippen molar-refractivity contribution in [3.63, 3.8) is 0 Å². The molecule has 0 amide bonds. The van der Waals surface area contributed by atoms with Crippen molar-refractivity contribution in [1.82, 2.24) is 0 Å². The molecule has 15 heavy (non-hydrogen) atoms. The molecule has 0 aromatic heterocycles. The molecule has 0 saturated carbocycles. The van der Waals surface area contributed by atoms with Crippen LogP contribution in [0.3, 0.4) is 0 Å². The molecule has 1 aliphatic heterocycles. The lowest BCUT2D eigenvalue weighted by molar-refractivity contribution is 0.867. The molecule has 0 atom stereocenters. The number of hydrogen-bond donors (Lipinski definition) is 1. The van der Waals surface area contributed by atoms with Gasteiger partial charge in [-0.1, -0.05) is 32.1 Å². The van der Waals surface area contributed by atoms with Gasteiger partial charge < -0.3 is 5.32 Å². The fraction of sp³-hybridized carbons (Fsp3) is 0.308. The lowest BCUT2D eigenvalue weighted by atomic mass is 10.0. The average Bonchev–Trinajstić information content (AvgIpc) is 2.71. The largest absolute Gasteiger partial charge is 0.344 e. The van der Waals surface area contributed by atoms with Gasteiger partial charge in [-0.25, -0.2) is 4.99 Å². The van der Waals surface area contributed by atoms with Crippen LogP contribution in [0.15, 0.2) is 41.5 Å². The van der Waals surface area contributed by atoms with Gasteiger partial charge in [0.2, 0.25) is 0 Å². The Morgan fingerprint density at radius 3 is 2.47 bits per heavy atom. The number of benzene rings is 1. The van der Waals surface area contributed by atoms with Crippen molar-refractivity contribution in [2.24, 2.45) is 4.99 Å². The van der Waals surface area contributed by atoms with Gasteiger partial charge in [0.1, 0.15) is 5.84 Å². The highest BCUT2D eigenvalue weighted by atomic mass is 15.0. The van der Waals surface area contributed by atoms with Crippen LogP contribution in [-0.2, 0) is 0 Å². The van der Waals surface area contributed by atoms with E-state index in [4.69, 9.17) is 0 Å². The number of nitrogens with zero attached hydrogens (tertiary/aromatic N) is 1. The minimum atomic E-state index is 0.588. The van der Waals surface area contributed by atoms with Crippen LogP contribution in [0.5, 0.6) is 0 Å². The topological polar surface area (TPSA) is 24.4 Å². The normalized spacial score (nSPS) is 14.5. The van der Waals surface area contributed by atoms with Gasteiger partial charge in [0.25, 0.3) is 0 Å². The second-order valence-electron chi connectivity index (χ2n) is 4.07. The van der Waals surface area contributed by atoms with E-state index < -0.39 is 0 Å². The van der Waals surface area contributed by atoms with E-state index in [1.165, 1.54) is 5.56 Å². The Bertz CT molecular complexity index is 386. The lowest BCUT2D eigenvalue weighted by Crippen LogP contribution is -2.08. The van der Waals surface area contributed by atoms with Crippen LogP contribution in [0.1, 0.15) is 31.7 Å². The van der Waals surface area contributed by atoms with E-state index >= 15 is 0 Å². The zero-order chi connectivity index (χ0) is 10.7. The summed E-state index contributed by atoms with van der Waals surface area (Å²) in [4.78, 5) is 4.21. The maximum absolute atomic E-state index is 4.21. The highest BCUT2D eigenvalue weighted by Crippen LogP contribution is 2.17. The Morgan fingerprint density at radius 2 is 1.93 bits per heavy atom. The van der Waals surface area contributed by atoms with Crippen molar-refractivity contribution in [2.45, 2.75) is 26.2 Å². The lowest BCUT2D eigenvalue weighted by Gasteiger charge is -2.08. The van der Waals surface area contributed by atoms with Crippen LogP contribution in [-0.4, -0.2) is 5.84 Å². The van der Waals surface area contributed by atoms with E-state index in [2.05, 4.69) is 48.4 Å². The predicted octanol–water partition coefficient (Wildman–Crippen LogP) is 3.54. The van der Waals surface area contributed by atoms with E-state index in [0.29, 0.717) is 5.92 Å². The smallest absolute Gasteiger partial charge is 0.110 e. The molecule has 1 aromatic carbocycles. The van der Waals surface area contributed by atoms with Gasteiger partial charge in [-0.15, -0.1) is 0 Å². The van der Waals surface area contributed by atoms with E-state index in [1.807, 2.05) is 12.3 Å². The number of hydrogen-bond acceptors (Lipinski definition) is 2. The Labute approximate surface area is 90.7 Å². The van der Waals surface area contributed by atoms with Crippen molar-refractivity contribution in [1.29, 1.82) is 0 Å². The van der Waals surface area contributed by atoms with Crippen LogP contribution in [0.2, 0.25) is 0 Å². The third-order valence-corrected chi connectivity index (χ3v) is 2.51. The minimum Gasteiger partial charge on any atom is -0.344 e. The summed E-state index contributed by atoms with van der Waals surface area (Å²) >= 11 is 0. The van der Waals surface area contributed by atoms with E-state index in [9.17, 15) is 0 Å². The number of rotatable bonds is 2. The third-order valence-electron chi connectivity index (χ3n) is 2.51. The van der Waals surface area contributed by atoms with Gasteiger partial charge in [0.15, 0.2) is 0 Å². The maximum Gasteiger partial charge on any atom is 0.110 e. The molecule has 1 heterocycles. The van der Waals surface area contributed by atoms with Gasteiger partial charge in [0, 0.05) is 18.3 Å². The second kappa shape index (κ2) is 4.30. The van der Waals surface area contributed by atoms with Crippen molar-refractivity contribution in [3.05, 3.63) is 42.1 Å². The van der Waals surface area contributed by atoms with E-state index in [-0.39, 0.29) is 0 Å². The fourth-order valence-electron chi connectivity index (χ4n) is 1.56. The molecule has 0 aliphatic carbocycles. The molecule has 0 saturated heterocycles. The van der Waals surface area contributed by atoms with Crippen molar-refractivity contribution in [2.75, 3.05) is 5.32 Å². The summed E-state index contributed by atoms with van der Waals surface area (Å²) in [7, 11) is 0. The molecule has 2 heteroatoms. The number of nitrogens with one attached hydrogen (secondary N) is 1. The van der Waals surface area contributed by atoms with Gasteiger partial charge in [0.05, 0.1) is 0 Å². The first kappa shape index (κ1) is 9.97. The first-order valence-corrected chi connectivity index (χ1v) is 5.34. The van der Waals surface area contributed by atoms with E-state index in [1.54, 1.807) is 0 Å². The molecule has 0 unspecified atom stereocenters. The quantitative estimate of drug-likeness (QED) is 0.775. The molecular formula is C13H16N2. The van der Waals surface area contributed by atoms with Gasteiger partial charge >= 0.3 is 0 Å². The molecule has 78 valence electrons. The number of aliphatic imine (C=N–C) groups is 1. The Morgan fingerprint density at radius 1 is 1.20 bits per heavy atom. The summed E-state index contributed by atoms with van der Waals surface area (Å²) in [5.41, 5.74) is 2.48. The number of anilines is 1. The van der Waals surface area contributed by atoms with Gasteiger partial charge in [-0.2, -0.15) is 0 Å². The highest BCUT2D eigenvalue weighted by Gasteiger charge is 2.02. The number of amidine groups is 1. The van der Waals surface area contributed by atoms with Crippen LogP contribution in [0.25, 0.3) is 0 Å². The molecule has 0 bridgehead atoms. The van der Waals surface area contributed by atoms with Crippen LogP contribution >= 0.6 is 0 Å². The summed E-state index contributed by atoms with van der Waals surface area (Å²) in [5, 5.41) is 3.29. The predicted molar refractivity (Wildman–Crippen MR) is 65.3 cm³/mol. The molecule has 1 aromatic rings. The molecule has 0 fully saturated rings. The van der Waals surface area contributed by atoms with Crippen molar-refractivity contribution < 1.29 is 0 Å². The standard InChI is InChI=1S/C13H16N2/c1-10(2)11-5-7-12(8-6-11)15-13-4-3-9-14-13/h3,5-10H,4H2,1-2H3,(H,14,15). The van der Waals surface area contributed by atoms with Gasteiger partial charge in [-0.3, -0.25) is 0 Å². The van der Waals surface area contributed by atoms with Crippen LogP contribution in [0, 0.1) is 0 Å². The molecule has 0 spiro atoms. The van der Waals surface area contributed by atoms with Gasteiger partial charge in [-0.05, 0) is 23.6 Å². The van der Waals surface area contributed by atoms with Crippen molar-refractivity contribution >= 4 is 11.5 Å². The molecule has 0 radical (unpaired) electrons.